The average molecular weight is 285 g/mol. The number of carbonyl (C=O) groups excluding carboxylic acids is 1. The highest BCUT2D eigenvalue weighted by molar-refractivity contribution is 6.02. The van der Waals surface area contributed by atoms with Crippen LogP contribution in [0.25, 0.3) is 6.08 Å². The molecule has 3 nitrogen and oxygen atoms in total. The number of nitrogens with one attached hydrogen (secondary N) is 1. The van der Waals surface area contributed by atoms with Crippen molar-refractivity contribution in [2.24, 2.45) is 0 Å². The molecule has 2 aromatic rings. The number of aryl methyl sites for hydroxylation is 1. The molecule has 21 heavy (non-hydrogen) atoms. The Balaban J connectivity index is 2.11. The zero-order chi connectivity index (χ0) is 15.2. The first-order valence-electron chi connectivity index (χ1n) is 6.48. The van der Waals surface area contributed by atoms with Crippen LogP contribution in [0, 0.1) is 12.7 Å². The zero-order valence-corrected chi connectivity index (χ0v) is 11.9. The van der Waals surface area contributed by atoms with Gasteiger partial charge in [-0.05, 0) is 36.8 Å². The number of benzene rings is 2. The van der Waals surface area contributed by atoms with Crippen LogP contribution in [0.2, 0.25) is 0 Å². The molecule has 2 rings (SSSR count). The molecule has 0 unspecified atom stereocenters. The van der Waals surface area contributed by atoms with Crippen molar-refractivity contribution < 1.29 is 13.9 Å². The Bertz CT molecular complexity index is 680. The number of halogens is 1. The monoisotopic (exact) mass is 285 g/mol. The number of hydrogen-bond acceptors (Lipinski definition) is 2. The third kappa shape index (κ3) is 3.92. The van der Waals surface area contributed by atoms with Crippen molar-refractivity contribution in [1.29, 1.82) is 0 Å². The van der Waals surface area contributed by atoms with Crippen LogP contribution in [-0.4, -0.2) is 13.0 Å². The Morgan fingerprint density at radius 3 is 2.76 bits per heavy atom. The van der Waals surface area contributed by atoms with Gasteiger partial charge >= 0.3 is 0 Å². The molecule has 4 heteroatoms. The van der Waals surface area contributed by atoms with Crippen LogP contribution in [0.5, 0.6) is 5.75 Å². The van der Waals surface area contributed by atoms with Crippen LogP contribution in [0.3, 0.4) is 0 Å². The predicted octanol–water partition coefficient (Wildman–Crippen LogP) is 3.79. The van der Waals surface area contributed by atoms with Crippen LogP contribution >= 0.6 is 0 Å². The summed E-state index contributed by atoms with van der Waals surface area (Å²) in [5.74, 6) is -0.187. The lowest BCUT2D eigenvalue weighted by molar-refractivity contribution is -0.111. The molecule has 0 fully saturated rings. The minimum Gasteiger partial charge on any atom is -0.496 e. The van der Waals surface area contributed by atoms with Crippen LogP contribution in [0.15, 0.2) is 48.5 Å². The summed E-state index contributed by atoms with van der Waals surface area (Å²) in [5.41, 5.74) is 1.82. The highest BCUT2D eigenvalue weighted by atomic mass is 19.1. The van der Waals surface area contributed by atoms with Gasteiger partial charge in [0.15, 0.2) is 0 Å². The van der Waals surface area contributed by atoms with Crippen molar-refractivity contribution in [3.63, 3.8) is 0 Å². The normalized spacial score (nSPS) is 10.6. The smallest absolute Gasteiger partial charge is 0.248 e. The Morgan fingerprint density at radius 2 is 2.00 bits per heavy atom. The second kappa shape index (κ2) is 6.70. The maximum atomic E-state index is 13.6. The fourth-order valence-electron chi connectivity index (χ4n) is 1.88. The molecule has 0 bridgehead atoms. The maximum Gasteiger partial charge on any atom is 0.248 e. The molecule has 0 aliphatic carbocycles. The molecule has 0 aliphatic heterocycles. The minimum atomic E-state index is -0.459. The van der Waals surface area contributed by atoms with Gasteiger partial charge < -0.3 is 10.1 Å². The second-order valence-corrected chi connectivity index (χ2v) is 4.55. The first-order chi connectivity index (χ1) is 10.1. The van der Waals surface area contributed by atoms with Gasteiger partial charge in [-0.25, -0.2) is 4.39 Å². The van der Waals surface area contributed by atoms with Crippen molar-refractivity contribution in [3.8, 4) is 5.75 Å². The molecule has 0 spiro atoms. The molecule has 1 amide bonds. The quantitative estimate of drug-likeness (QED) is 0.868. The summed E-state index contributed by atoms with van der Waals surface area (Å²) in [4.78, 5) is 11.8. The summed E-state index contributed by atoms with van der Waals surface area (Å²) in [5, 5.41) is 2.52. The number of ether oxygens (including phenoxy) is 1. The van der Waals surface area contributed by atoms with Crippen LogP contribution in [-0.2, 0) is 4.79 Å². The summed E-state index contributed by atoms with van der Waals surface area (Å²) in [7, 11) is 1.56. The number of hydrogen-bond donors (Lipinski definition) is 1. The van der Waals surface area contributed by atoms with E-state index in [4.69, 9.17) is 4.74 Å². The lowest BCUT2D eigenvalue weighted by atomic mass is 10.2. The van der Waals surface area contributed by atoms with E-state index in [1.165, 1.54) is 12.1 Å². The van der Waals surface area contributed by atoms with E-state index in [-0.39, 0.29) is 5.69 Å². The first kappa shape index (κ1) is 14.8. The maximum absolute atomic E-state index is 13.6. The summed E-state index contributed by atoms with van der Waals surface area (Å²) in [6, 6.07) is 11.9. The number of carbonyl (C=O) groups is 1. The van der Waals surface area contributed by atoms with E-state index in [9.17, 15) is 9.18 Å². The molecule has 0 saturated heterocycles. The highest BCUT2D eigenvalue weighted by Crippen LogP contribution is 2.19. The Morgan fingerprint density at radius 1 is 1.24 bits per heavy atom. The van der Waals surface area contributed by atoms with E-state index < -0.39 is 11.7 Å². The summed E-state index contributed by atoms with van der Waals surface area (Å²) in [6.45, 7) is 1.83. The predicted molar refractivity (Wildman–Crippen MR) is 81.8 cm³/mol. The van der Waals surface area contributed by atoms with Gasteiger partial charge in [0.2, 0.25) is 5.91 Å². The standard InChI is InChI=1S/C17H16FNO2/c1-12-7-9-14(18)15(11-12)19-17(20)10-8-13-5-3-4-6-16(13)21-2/h3-11H,1-2H3,(H,19,20). The lowest BCUT2D eigenvalue weighted by Crippen LogP contribution is -2.09. The van der Waals surface area contributed by atoms with Gasteiger partial charge in [0.25, 0.3) is 0 Å². The third-order valence-electron chi connectivity index (χ3n) is 2.93. The molecular formula is C17H16FNO2. The number of anilines is 1. The van der Waals surface area contributed by atoms with Gasteiger partial charge in [-0.15, -0.1) is 0 Å². The van der Waals surface area contributed by atoms with E-state index in [0.717, 1.165) is 11.1 Å². The summed E-state index contributed by atoms with van der Waals surface area (Å²) in [6.07, 6.45) is 2.97. The number of methoxy groups -OCH3 is 1. The van der Waals surface area contributed by atoms with E-state index >= 15 is 0 Å². The minimum absolute atomic E-state index is 0.171. The van der Waals surface area contributed by atoms with Gasteiger partial charge in [0, 0.05) is 11.6 Å². The number of para-hydroxylation sites is 1. The van der Waals surface area contributed by atoms with Crippen LogP contribution in [0.1, 0.15) is 11.1 Å². The molecule has 2 aromatic carbocycles. The summed E-state index contributed by atoms with van der Waals surface area (Å²) < 4.78 is 18.7. The van der Waals surface area contributed by atoms with Gasteiger partial charge in [-0.2, -0.15) is 0 Å². The third-order valence-corrected chi connectivity index (χ3v) is 2.93. The molecule has 0 aromatic heterocycles. The fourth-order valence-corrected chi connectivity index (χ4v) is 1.88. The van der Waals surface area contributed by atoms with E-state index in [2.05, 4.69) is 5.32 Å². The Labute approximate surface area is 123 Å². The van der Waals surface area contributed by atoms with Gasteiger partial charge in [-0.1, -0.05) is 24.3 Å². The van der Waals surface area contributed by atoms with Crippen molar-refractivity contribution in [2.45, 2.75) is 6.92 Å². The van der Waals surface area contributed by atoms with Crippen molar-refractivity contribution in [1.82, 2.24) is 0 Å². The highest BCUT2D eigenvalue weighted by Gasteiger charge is 2.05. The van der Waals surface area contributed by atoms with Crippen molar-refractivity contribution in [2.75, 3.05) is 12.4 Å². The van der Waals surface area contributed by atoms with E-state index in [1.54, 1.807) is 31.4 Å². The van der Waals surface area contributed by atoms with Gasteiger partial charge in [0.05, 0.1) is 12.8 Å². The van der Waals surface area contributed by atoms with Crippen molar-refractivity contribution in [3.05, 3.63) is 65.5 Å². The van der Waals surface area contributed by atoms with E-state index in [0.29, 0.717) is 5.75 Å². The molecule has 1 N–H and O–H groups in total. The SMILES string of the molecule is COc1ccccc1C=CC(=O)Nc1cc(C)ccc1F. The molecule has 0 radical (unpaired) electrons. The molecule has 0 atom stereocenters. The Kier molecular flexibility index (Phi) is 4.72. The van der Waals surface area contributed by atoms with Crippen LogP contribution < -0.4 is 10.1 Å². The van der Waals surface area contributed by atoms with Crippen molar-refractivity contribution >= 4 is 17.7 Å². The topological polar surface area (TPSA) is 38.3 Å². The largest absolute Gasteiger partial charge is 0.496 e. The molecule has 0 heterocycles. The van der Waals surface area contributed by atoms with Gasteiger partial charge in [0.1, 0.15) is 11.6 Å². The average Bonchev–Trinajstić information content (AvgIpc) is 2.49. The van der Waals surface area contributed by atoms with Gasteiger partial charge in [-0.3, -0.25) is 4.79 Å². The van der Waals surface area contributed by atoms with E-state index in [1.807, 2.05) is 25.1 Å². The molecule has 0 saturated carbocycles. The molecule has 0 aliphatic rings. The summed E-state index contributed by atoms with van der Waals surface area (Å²) >= 11 is 0. The molecular weight excluding hydrogens is 269 g/mol. The molecule has 108 valence electrons. The zero-order valence-electron chi connectivity index (χ0n) is 11.9. The second-order valence-electron chi connectivity index (χ2n) is 4.55. The fraction of sp³-hybridized carbons (Fsp3) is 0.118. The number of amides is 1. The number of rotatable bonds is 4. The Hall–Kier alpha value is -2.62. The first-order valence-corrected chi connectivity index (χ1v) is 6.48. The van der Waals surface area contributed by atoms with Crippen LogP contribution in [0.4, 0.5) is 10.1 Å². The lowest BCUT2D eigenvalue weighted by Gasteiger charge is -2.05.